The normalized spacial score (nSPS) is 17.6. The smallest absolute Gasteiger partial charge is 0.300 e. The number of aliphatic hydroxyl groups is 1. The molecule has 1 amide bonds. The van der Waals surface area contributed by atoms with Crippen LogP contribution in [0.4, 0.5) is 14.5 Å². The molecule has 6 nitrogen and oxygen atoms in total. The number of aromatic nitrogens is 1. The van der Waals surface area contributed by atoms with E-state index in [4.69, 9.17) is 16.3 Å². The Hall–Kier alpha value is -3.78. The number of carbonyl (C=O) groups is 2. The van der Waals surface area contributed by atoms with Gasteiger partial charge in [-0.3, -0.25) is 19.5 Å². The minimum Gasteiger partial charge on any atom is -0.507 e. The van der Waals surface area contributed by atoms with E-state index < -0.39 is 40.8 Å². The summed E-state index contributed by atoms with van der Waals surface area (Å²) in [6, 6.07) is 8.67. The first-order valence-corrected chi connectivity index (χ1v) is 9.71. The van der Waals surface area contributed by atoms with Gasteiger partial charge in [0.25, 0.3) is 11.7 Å². The number of nitrogens with zero attached hydrogens (tertiary/aromatic N) is 2. The van der Waals surface area contributed by atoms with Crippen molar-refractivity contribution in [2.75, 3.05) is 12.0 Å². The number of rotatable bonds is 4. The predicted octanol–water partition coefficient (Wildman–Crippen LogP) is 4.65. The standard InChI is InChI=1S/C23H15ClF2N2O4/c1-32-18-10-13(2-4-15(18)24)21(29)19-20(12-6-8-27-9-7-12)28(23(31)22(19)30)17-11-14(25)3-5-16(17)26/h2-11,20,29H,1H3/b21-19+. The van der Waals surface area contributed by atoms with Crippen LogP contribution in [-0.2, 0) is 9.59 Å². The highest BCUT2D eigenvalue weighted by atomic mass is 35.5. The van der Waals surface area contributed by atoms with Gasteiger partial charge < -0.3 is 9.84 Å². The van der Waals surface area contributed by atoms with Gasteiger partial charge in [0.1, 0.15) is 23.1 Å². The molecule has 0 spiro atoms. The Balaban J connectivity index is 1.97. The van der Waals surface area contributed by atoms with Crippen molar-refractivity contribution in [3.8, 4) is 5.75 Å². The highest BCUT2D eigenvalue weighted by Crippen LogP contribution is 2.43. The maximum atomic E-state index is 14.6. The van der Waals surface area contributed by atoms with Gasteiger partial charge in [0.05, 0.1) is 29.4 Å². The Morgan fingerprint density at radius 2 is 1.81 bits per heavy atom. The molecule has 2 aromatic carbocycles. The number of ether oxygens (including phenoxy) is 1. The summed E-state index contributed by atoms with van der Waals surface area (Å²) in [6.07, 6.45) is 2.84. The van der Waals surface area contributed by atoms with Gasteiger partial charge >= 0.3 is 0 Å². The first kappa shape index (κ1) is 21.5. The molecule has 1 aromatic heterocycles. The van der Waals surface area contributed by atoms with Crippen molar-refractivity contribution in [2.45, 2.75) is 6.04 Å². The molecule has 4 rings (SSSR count). The average molecular weight is 457 g/mol. The number of anilines is 1. The third kappa shape index (κ3) is 3.58. The zero-order chi connectivity index (χ0) is 23.0. The molecule has 1 N–H and O–H groups in total. The largest absolute Gasteiger partial charge is 0.507 e. The maximum absolute atomic E-state index is 14.6. The fourth-order valence-corrected chi connectivity index (χ4v) is 3.77. The first-order valence-electron chi connectivity index (χ1n) is 9.33. The summed E-state index contributed by atoms with van der Waals surface area (Å²) >= 11 is 6.04. The lowest BCUT2D eigenvalue weighted by Crippen LogP contribution is -2.30. The van der Waals surface area contributed by atoms with Crippen molar-refractivity contribution >= 4 is 34.7 Å². The molecule has 1 saturated heterocycles. The van der Waals surface area contributed by atoms with Crippen molar-refractivity contribution in [2.24, 2.45) is 0 Å². The lowest BCUT2D eigenvalue weighted by molar-refractivity contribution is -0.132. The number of halogens is 3. The Labute approximate surface area is 186 Å². The monoisotopic (exact) mass is 456 g/mol. The Bertz CT molecular complexity index is 1260. The van der Waals surface area contributed by atoms with Crippen LogP contribution in [0, 0.1) is 11.6 Å². The topological polar surface area (TPSA) is 79.7 Å². The average Bonchev–Trinajstić information content (AvgIpc) is 3.06. The number of methoxy groups -OCH3 is 1. The van der Waals surface area contributed by atoms with E-state index in [9.17, 15) is 23.5 Å². The zero-order valence-electron chi connectivity index (χ0n) is 16.6. The third-order valence-electron chi connectivity index (χ3n) is 5.06. The van der Waals surface area contributed by atoms with E-state index in [-0.39, 0.29) is 21.9 Å². The van der Waals surface area contributed by atoms with Gasteiger partial charge in [-0.25, -0.2) is 8.78 Å². The zero-order valence-corrected chi connectivity index (χ0v) is 17.3. The SMILES string of the molecule is COc1cc(/C(O)=C2\C(=O)C(=O)N(c3cc(F)ccc3F)C2c2ccncc2)ccc1Cl. The summed E-state index contributed by atoms with van der Waals surface area (Å²) in [7, 11) is 1.38. The predicted molar refractivity (Wildman–Crippen MR) is 113 cm³/mol. The molecule has 0 bridgehead atoms. The lowest BCUT2D eigenvalue weighted by atomic mass is 9.95. The Kier molecular flexibility index (Phi) is 5.63. The number of ketones is 1. The van der Waals surface area contributed by atoms with Gasteiger partial charge in [-0.15, -0.1) is 0 Å². The number of carbonyl (C=O) groups excluding carboxylic acids is 2. The fourth-order valence-electron chi connectivity index (χ4n) is 3.58. The van der Waals surface area contributed by atoms with Crippen LogP contribution < -0.4 is 9.64 Å². The van der Waals surface area contributed by atoms with Crippen LogP contribution in [0.2, 0.25) is 5.02 Å². The molecule has 9 heteroatoms. The van der Waals surface area contributed by atoms with E-state index in [1.807, 2.05) is 0 Å². The number of hydrogen-bond donors (Lipinski definition) is 1. The molecule has 1 fully saturated rings. The van der Waals surface area contributed by atoms with Crippen LogP contribution in [0.5, 0.6) is 5.75 Å². The molecule has 0 radical (unpaired) electrons. The van der Waals surface area contributed by atoms with Crippen LogP contribution >= 0.6 is 11.6 Å². The van der Waals surface area contributed by atoms with E-state index in [2.05, 4.69) is 4.98 Å². The minimum atomic E-state index is -1.23. The molecule has 1 aliphatic heterocycles. The van der Waals surface area contributed by atoms with E-state index in [0.29, 0.717) is 5.56 Å². The molecular formula is C23H15ClF2N2O4. The van der Waals surface area contributed by atoms with Crippen molar-refractivity contribution in [3.63, 3.8) is 0 Å². The van der Waals surface area contributed by atoms with Crippen LogP contribution in [0.1, 0.15) is 17.2 Å². The van der Waals surface area contributed by atoms with Crippen LogP contribution in [0.15, 0.2) is 66.5 Å². The molecule has 32 heavy (non-hydrogen) atoms. The molecule has 1 unspecified atom stereocenters. The second-order valence-electron chi connectivity index (χ2n) is 6.89. The summed E-state index contributed by atoms with van der Waals surface area (Å²) < 4.78 is 33.7. The van der Waals surface area contributed by atoms with E-state index in [1.165, 1.54) is 49.8 Å². The highest BCUT2D eigenvalue weighted by Gasteiger charge is 2.47. The third-order valence-corrected chi connectivity index (χ3v) is 5.37. The first-order chi connectivity index (χ1) is 15.3. The van der Waals surface area contributed by atoms with Crippen molar-refractivity contribution in [1.29, 1.82) is 0 Å². The van der Waals surface area contributed by atoms with Gasteiger partial charge in [-0.05, 0) is 48.0 Å². The second-order valence-corrected chi connectivity index (χ2v) is 7.30. The number of benzene rings is 2. The lowest BCUT2D eigenvalue weighted by Gasteiger charge is -2.25. The minimum absolute atomic E-state index is 0.156. The Morgan fingerprint density at radius 1 is 1.09 bits per heavy atom. The van der Waals surface area contributed by atoms with Gasteiger partial charge in [-0.2, -0.15) is 0 Å². The number of Topliss-reactive ketones (excluding diaryl/α,β-unsaturated/α-hetero) is 1. The van der Waals surface area contributed by atoms with Gasteiger partial charge in [-0.1, -0.05) is 11.6 Å². The van der Waals surface area contributed by atoms with E-state index >= 15 is 0 Å². The van der Waals surface area contributed by atoms with Crippen molar-refractivity contribution in [3.05, 3.63) is 94.3 Å². The quantitative estimate of drug-likeness (QED) is 0.351. The summed E-state index contributed by atoms with van der Waals surface area (Å²) in [5, 5.41) is 11.3. The number of aliphatic hydroxyl groups excluding tert-OH is 1. The molecule has 1 atom stereocenters. The van der Waals surface area contributed by atoms with Crippen molar-refractivity contribution < 1.29 is 28.2 Å². The Morgan fingerprint density at radius 3 is 2.50 bits per heavy atom. The fraction of sp³-hybridized carbons (Fsp3) is 0.0870. The highest BCUT2D eigenvalue weighted by molar-refractivity contribution is 6.51. The molecular weight excluding hydrogens is 442 g/mol. The second kappa shape index (κ2) is 8.39. The molecule has 1 aliphatic rings. The summed E-state index contributed by atoms with van der Waals surface area (Å²) in [6.45, 7) is 0. The number of pyridine rings is 1. The molecule has 2 heterocycles. The maximum Gasteiger partial charge on any atom is 0.300 e. The molecule has 0 saturated carbocycles. The summed E-state index contributed by atoms with van der Waals surface area (Å²) in [4.78, 5) is 30.7. The molecule has 0 aliphatic carbocycles. The van der Waals surface area contributed by atoms with Gasteiger partial charge in [0.15, 0.2) is 0 Å². The number of amides is 1. The molecule has 162 valence electrons. The van der Waals surface area contributed by atoms with Crippen molar-refractivity contribution in [1.82, 2.24) is 4.98 Å². The van der Waals surface area contributed by atoms with Gasteiger partial charge in [0, 0.05) is 24.0 Å². The van der Waals surface area contributed by atoms with Gasteiger partial charge in [0.2, 0.25) is 0 Å². The molecule has 3 aromatic rings. The van der Waals surface area contributed by atoms with Crippen LogP contribution in [-0.4, -0.2) is 28.9 Å². The van der Waals surface area contributed by atoms with E-state index in [1.54, 1.807) is 0 Å². The summed E-state index contributed by atoms with van der Waals surface area (Å²) in [5.41, 5.74) is -0.204. The number of hydrogen-bond acceptors (Lipinski definition) is 5. The van der Waals surface area contributed by atoms with E-state index in [0.717, 1.165) is 23.1 Å². The van der Waals surface area contributed by atoms with Crippen LogP contribution in [0.25, 0.3) is 5.76 Å². The summed E-state index contributed by atoms with van der Waals surface area (Å²) in [5.74, 6) is -4.14. The van der Waals surface area contributed by atoms with Crippen LogP contribution in [0.3, 0.4) is 0 Å².